The molecule has 0 aliphatic carbocycles. The first-order chi connectivity index (χ1) is 8.76. The average Bonchev–Trinajstić information content (AvgIpc) is 2.39. The predicted molar refractivity (Wildman–Crippen MR) is 78.2 cm³/mol. The van der Waals surface area contributed by atoms with Crippen LogP contribution in [0.3, 0.4) is 0 Å². The Morgan fingerprint density at radius 3 is 2.56 bits per heavy atom. The van der Waals surface area contributed by atoms with Crippen LogP contribution < -0.4 is 0 Å². The maximum absolute atomic E-state index is 9.85. The molecule has 0 saturated heterocycles. The van der Waals surface area contributed by atoms with Crippen LogP contribution in [0.1, 0.15) is 44.2 Å². The minimum absolute atomic E-state index is 0.420. The molecule has 0 aliphatic heterocycles. The van der Waals surface area contributed by atoms with Gasteiger partial charge in [-0.2, -0.15) is 0 Å². The van der Waals surface area contributed by atoms with Gasteiger partial charge in [0.2, 0.25) is 0 Å². The van der Waals surface area contributed by atoms with E-state index in [0.29, 0.717) is 5.75 Å². The molecular formula is C17H22O. The van der Waals surface area contributed by atoms with E-state index in [9.17, 15) is 5.11 Å². The van der Waals surface area contributed by atoms with Crippen molar-refractivity contribution in [3.63, 3.8) is 0 Å². The Bertz CT molecular complexity index is 528. The van der Waals surface area contributed by atoms with Crippen molar-refractivity contribution in [2.24, 2.45) is 0 Å². The van der Waals surface area contributed by atoms with Gasteiger partial charge in [-0.05, 0) is 41.7 Å². The van der Waals surface area contributed by atoms with Crippen LogP contribution in [-0.4, -0.2) is 5.11 Å². The number of benzene rings is 2. The Morgan fingerprint density at radius 1 is 1.00 bits per heavy atom. The smallest absolute Gasteiger partial charge is 0.119 e. The summed E-state index contributed by atoms with van der Waals surface area (Å²) < 4.78 is 0. The summed E-state index contributed by atoms with van der Waals surface area (Å²) in [5, 5.41) is 12.3. The Morgan fingerprint density at radius 2 is 1.83 bits per heavy atom. The zero-order valence-corrected chi connectivity index (χ0v) is 11.4. The lowest BCUT2D eigenvalue weighted by Gasteiger charge is -2.09. The van der Waals surface area contributed by atoms with Crippen molar-refractivity contribution < 1.29 is 5.11 Å². The Hall–Kier alpha value is -1.50. The van der Waals surface area contributed by atoms with Crippen LogP contribution in [0.5, 0.6) is 5.75 Å². The van der Waals surface area contributed by atoms with E-state index < -0.39 is 0 Å². The van der Waals surface area contributed by atoms with Gasteiger partial charge in [0.15, 0.2) is 0 Å². The second kappa shape index (κ2) is 5.90. The summed E-state index contributed by atoms with van der Waals surface area (Å²) >= 11 is 0. The van der Waals surface area contributed by atoms with Crippen molar-refractivity contribution in [1.29, 1.82) is 0 Å². The molecule has 18 heavy (non-hydrogen) atoms. The summed E-state index contributed by atoms with van der Waals surface area (Å²) in [7, 11) is 0. The second-order valence-electron chi connectivity index (χ2n) is 4.93. The van der Waals surface area contributed by atoms with Crippen molar-refractivity contribution in [1.82, 2.24) is 0 Å². The average molecular weight is 242 g/mol. The number of fused-ring (bicyclic) bond motifs is 1. The van der Waals surface area contributed by atoms with E-state index >= 15 is 0 Å². The molecule has 0 spiro atoms. The van der Waals surface area contributed by atoms with Crippen LogP contribution in [0, 0.1) is 0 Å². The molecule has 2 aromatic rings. The van der Waals surface area contributed by atoms with Crippen LogP contribution in [0.2, 0.25) is 0 Å². The maximum Gasteiger partial charge on any atom is 0.119 e. The van der Waals surface area contributed by atoms with Gasteiger partial charge in [-0.1, -0.05) is 51.0 Å². The highest BCUT2D eigenvalue weighted by atomic mass is 16.3. The highest BCUT2D eigenvalue weighted by Gasteiger charge is 2.05. The monoisotopic (exact) mass is 242 g/mol. The zero-order valence-electron chi connectivity index (χ0n) is 11.4. The van der Waals surface area contributed by atoms with Gasteiger partial charge < -0.3 is 5.11 Å². The summed E-state index contributed by atoms with van der Waals surface area (Å²) in [6.07, 6.45) is 5.86. The van der Waals surface area contributed by atoms with E-state index in [4.69, 9.17) is 0 Å². The van der Waals surface area contributed by atoms with Crippen molar-refractivity contribution >= 4 is 10.8 Å². The Kier molecular flexibility index (Phi) is 4.24. The fourth-order valence-corrected chi connectivity index (χ4v) is 2.54. The molecule has 1 heteroatoms. The van der Waals surface area contributed by atoms with E-state index in [1.54, 1.807) is 0 Å². The molecule has 0 radical (unpaired) electrons. The summed E-state index contributed by atoms with van der Waals surface area (Å²) in [5.74, 6) is 0.420. The van der Waals surface area contributed by atoms with Crippen LogP contribution in [0.4, 0.5) is 0 Å². The lowest BCUT2D eigenvalue weighted by atomic mass is 9.98. The molecule has 1 nitrogen and oxygen atoms in total. The van der Waals surface area contributed by atoms with E-state index in [1.807, 2.05) is 12.1 Å². The van der Waals surface area contributed by atoms with E-state index in [1.165, 1.54) is 35.6 Å². The largest absolute Gasteiger partial charge is 0.508 e. The molecule has 2 aromatic carbocycles. The number of unbranched alkanes of at least 4 members (excludes halogenated alkanes) is 2. The van der Waals surface area contributed by atoms with Crippen molar-refractivity contribution in [2.45, 2.75) is 46.0 Å². The predicted octanol–water partition coefficient (Wildman–Crippen LogP) is 4.84. The van der Waals surface area contributed by atoms with Gasteiger partial charge >= 0.3 is 0 Å². The van der Waals surface area contributed by atoms with Gasteiger partial charge in [0, 0.05) is 5.56 Å². The quantitative estimate of drug-likeness (QED) is 0.744. The van der Waals surface area contributed by atoms with Gasteiger partial charge in [0.05, 0.1) is 0 Å². The van der Waals surface area contributed by atoms with Gasteiger partial charge in [-0.15, -0.1) is 0 Å². The first-order valence-electron chi connectivity index (χ1n) is 6.99. The molecule has 2 rings (SSSR count). The number of hydrogen-bond acceptors (Lipinski definition) is 1. The molecule has 0 saturated carbocycles. The van der Waals surface area contributed by atoms with Crippen LogP contribution >= 0.6 is 0 Å². The Balaban J connectivity index is 2.32. The number of phenolic OH excluding ortho intramolecular Hbond substituents is 1. The van der Waals surface area contributed by atoms with Crippen molar-refractivity contribution in [2.75, 3.05) is 0 Å². The molecule has 0 heterocycles. The molecule has 0 aliphatic rings. The maximum atomic E-state index is 9.85. The molecule has 0 bridgehead atoms. The van der Waals surface area contributed by atoms with Crippen LogP contribution in [-0.2, 0) is 12.8 Å². The number of hydrogen-bond donors (Lipinski definition) is 1. The molecule has 0 aromatic heterocycles. The molecule has 1 N–H and O–H groups in total. The normalized spacial score (nSPS) is 11.0. The third-order valence-electron chi connectivity index (χ3n) is 3.59. The number of phenols is 1. The topological polar surface area (TPSA) is 20.2 Å². The third kappa shape index (κ3) is 2.66. The van der Waals surface area contributed by atoms with E-state index in [2.05, 4.69) is 32.0 Å². The van der Waals surface area contributed by atoms with Crippen molar-refractivity contribution in [3.05, 3.63) is 41.5 Å². The second-order valence-corrected chi connectivity index (χ2v) is 4.93. The van der Waals surface area contributed by atoms with Gasteiger partial charge in [0.1, 0.15) is 5.75 Å². The summed E-state index contributed by atoms with van der Waals surface area (Å²) in [6.45, 7) is 4.32. The fourth-order valence-electron chi connectivity index (χ4n) is 2.54. The third-order valence-corrected chi connectivity index (χ3v) is 3.59. The summed E-state index contributed by atoms with van der Waals surface area (Å²) in [4.78, 5) is 0. The lowest BCUT2D eigenvalue weighted by molar-refractivity contribution is 0.470. The van der Waals surface area contributed by atoms with Crippen LogP contribution in [0.15, 0.2) is 30.3 Å². The lowest BCUT2D eigenvalue weighted by Crippen LogP contribution is -1.89. The van der Waals surface area contributed by atoms with E-state index in [0.717, 1.165) is 18.4 Å². The minimum atomic E-state index is 0.420. The molecule has 0 unspecified atom stereocenters. The SMILES string of the molecule is CCCCCc1ccc2c(CC)c(O)ccc2c1. The summed E-state index contributed by atoms with van der Waals surface area (Å²) in [5.41, 5.74) is 2.47. The van der Waals surface area contributed by atoms with Gasteiger partial charge in [0.25, 0.3) is 0 Å². The molecular weight excluding hydrogens is 220 g/mol. The van der Waals surface area contributed by atoms with Gasteiger partial charge in [-0.25, -0.2) is 0 Å². The minimum Gasteiger partial charge on any atom is -0.508 e. The number of aromatic hydroxyl groups is 1. The first-order valence-corrected chi connectivity index (χ1v) is 6.99. The van der Waals surface area contributed by atoms with Crippen LogP contribution in [0.25, 0.3) is 10.8 Å². The Labute approximate surface area is 109 Å². The number of rotatable bonds is 5. The fraction of sp³-hybridized carbons (Fsp3) is 0.412. The van der Waals surface area contributed by atoms with Gasteiger partial charge in [-0.3, -0.25) is 0 Å². The van der Waals surface area contributed by atoms with Crippen molar-refractivity contribution in [3.8, 4) is 5.75 Å². The first kappa shape index (κ1) is 12.9. The molecule has 0 amide bonds. The van der Waals surface area contributed by atoms with E-state index in [-0.39, 0.29) is 0 Å². The standard InChI is InChI=1S/C17H22O/c1-3-5-6-7-13-8-10-16-14(12-13)9-11-17(18)15(16)4-2/h8-12,18H,3-7H2,1-2H3. The molecule has 96 valence electrons. The highest BCUT2D eigenvalue weighted by Crippen LogP contribution is 2.28. The highest BCUT2D eigenvalue weighted by molar-refractivity contribution is 5.88. The summed E-state index contributed by atoms with van der Waals surface area (Å²) in [6, 6.07) is 10.5. The zero-order chi connectivity index (χ0) is 13.0. The molecule has 0 atom stereocenters. The number of aryl methyl sites for hydroxylation is 2. The molecule has 0 fully saturated rings.